The molecule has 19 heavy (non-hydrogen) atoms. The van der Waals surface area contributed by atoms with Crippen molar-refractivity contribution in [2.45, 2.75) is 46.1 Å². The fourth-order valence-corrected chi connectivity index (χ4v) is 2.47. The fraction of sp³-hybridized carbons (Fsp3) is 0.500. The number of aromatic hydroxyl groups is 1. The van der Waals surface area contributed by atoms with Crippen LogP contribution < -0.4 is 4.74 Å². The summed E-state index contributed by atoms with van der Waals surface area (Å²) in [5, 5.41) is 10.0. The van der Waals surface area contributed by atoms with Crippen molar-refractivity contribution in [2.24, 2.45) is 0 Å². The molecule has 0 saturated carbocycles. The Morgan fingerprint density at radius 3 is 2.53 bits per heavy atom. The van der Waals surface area contributed by atoms with Gasteiger partial charge in [0.05, 0.1) is 0 Å². The Bertz CT molecular complexity index is 553. The maximum atomic E-state index is 12.1. The summed E-state index contributed by atoms with van der Waals surface area (Å²) in [7, 11) is 0. The molecule has 0 aromatic heterocycles. The number of benzene rings is 1. The highest BCUT2D eigenvalue weighted by atomic mass is 19.3. The van der Waals surface area contributed by atoms with Crippen LogP contribution in [0.1, 0.15) is 35.6 Å². The fourth-order valence-electron chi connectivity index (χ4n) is 2.47. The molecular weight excluding hydrogens is 251 g/mol. The molecule has 0 fully saturated rings. The van der Waals surface area contributed by atoms with Crippen LogP contribution in [0.5, 0.6) is 11.5 Å². The predicted molar refractivity (Wildman–Crippen MR) is 66.9 cm³/mol. The lowest BCUT2D eigenvalue weighted by molar-refractivity contribution is -0.202. The number of fused-ring (bicyclic) bond motifs is 1. The van der Waals surface area contributed by atoms with Crippen molar-refractivity contribution in [2.75, 3.05) is 0 Å². The lowest BCUT2D eigenvalue weighted by Gasteiger charge is -2.34. The van der Waals surface area contributed by atoms with E-state index in [1.165, 1.54) is 6.92 Å². The maximum absolute atomic E-state index is 12.1. The summed E-state index contributed by atoms with van der Waals surface area (Å²) in [5.74, 6) is -0.232. The summed E-state index contributed by atoms with van der Waals surface area (Å²) < 4.78 is 17.8. The van der Waals surface area contributed by atoms with Crippen LogP contribution in [0.3, 0.4) is 0 Å². The van der Waals surface area contributed by atoms with Crippen LogP contribution in [0.4, 0.5) is 4.53 Å². The third kappa shape index (κ3) is 1.93. The number of phenols is 1. The van der Waals surface area contributed by atoms with Crippen LogP contribution in [-0.2, 0) is 16.2 Å². The van der Waals surface area contributed by atoms with Crippen LogP contribution in [-0.4, -0.2) is 16.7 Å². The first kappa shape index (κ1) is 13.6. The van der Waals surface area contributed by atoms with E-state index in [2.05, 4.69) is 4.94 Å². The second-order valence-corrected chi connectivity index (χ2v) is 5.23. The Kier molecular flexibility index (Phi) is 3.16. The number of carbonyl (C=O) groups is 1. The Hall–Kier alpha value is -1.78. The minimum atomic E-state index is -1.32. The molecule has 2 rings (SSSR count). The molecule has 1 aromatic rings. The average molecular weight is 268 g/mol. The van der Waals surface area contributed by atoms with E-state index in [-0.39, 0.29) is 5.75 Å². The molecule has 1 heterocycles. The Morgan fingerprint density at radius 1 is 1.32 bits per heavy atom. The Balaban J connectivity index is 2.55. The van der Waals surface area contributed by atoms with E-state index >= 15 is 0 Å². The molecule has 0 amide bonds. The van der Waals surface area contributed by atoms with E-state index in [1.54, 1.807) is 20.8 Å². The first-order valence-corrected chi connectivity index (χ1v) is 6.15. The van der Waals surface area contributed by atoms with Gasteiger partial charge in [-0.15, -0.1) is 0 Å². The van der Waals surface area contributed by atoms with Gasteiger partial charge in [-0.3, -0.25) is 4.94 Å². The van der Waals surface area contributed by atoms with E-state index in [0.717, 1.165) is 16.7 Å². The monoisotopic (exact) mass is 268 g/mol. The standard InChI is InChI=1S/C14H17FO4/c1-7-8(2)12-10(9(3)11(7)16)5-6-14(4,18-12)13(17)19-15/h16H,5-6H2,1-4H3. The number of hydrogen-bond acceptors (Lipinski definition) is 4. The van der Waals surface area contributed by atoms with Crippen molar-refractivity contribution in [3.8, 4) is 11.5 Å². The van der Waals surface area contributed by atoms with Crippen molar-refractivity contribution in [3.05, 3.63) is 22.3 Å². The number of hydrogen-bond donors (Lipinski definition) is 1. The van der Waals surface area contributed by atoms with Gasteiger partial charge in [-0.05, 0) is 50.8 Å². The molecule has 104 valence electrons. The third-order valence-electron chi connectivity index (χ3n) is 4.02. The molecule has 1 aliphatic rings. The van der Waals surface area contributed by atoms with E-state index in [1.807, 2.05) is 0 Å². The molecule has 0 radical (unpaired) electrons. The molecule has 1 aliphatic heterocycles. The number of rotatable bonds is 1. The molecule has 0 saturated heterocycles. The number of ether oxygens (including phenoxy) is 1. The van der Waals surface area contributed by atoms with Crippen molar-refractivity contribution in [3.63, 3.8) is 0 Å². The smallest absolute Gasteiger partial charge is 0.391 e. The van der Waals surface area contributed by atoms with Gasteiger partial charge >= 0.3 is 5.97 Å². The van der Waals surface area contributed by atoms with Gasteiger partial charge in [-0.2, -0.15) is 0 Å². The summed E-state index contributed by atoms with van der Waals surface area (Å²) in [4.78, 5) is 14.8. The largest absolute Gasteiger partial charge is 0.507 e. The second kappa shape index (κ2) is 4.40. The highest BCUT2D eigenvalue weighted by Crippen LogP contribution is 2.43. The predicted octanol–water partition coefficient (Wildman–Crippen LogP) is 2.83. The van der Waals surface area contributed by atoms with Crippen LogP contribution in [0.15, 0.2) is 0 Å². The molecule has 1 aromatic carbocycles. The summed E-state index contributed by atoms with van der Waals surface area (Å²) in [5.41, 5.74) is 1.76. The van der Waals surface area contributed by atoms with Crippen molar-refractivity contribution in [1.29, 1.82) is 0 Å². The van der Waals surface area contributed by atoms with Crippen molar-refractivity contribution in [1.82, 2.24) is 0 Å². The van der Waals surface area contributed by atoms with Gasteiger partial charge in [0, 0.05) is 16.5 Å². The zero-order valence-corrected chi connectivity index (χ0v) is 11.5. The van der Waals surface area contributed by atoms with Crippen molar-refractivity contribution >= 4 is 5.97 Å². The molecule has 0 bridgehead atoms. The zero-order valence-electron chi connectivity index (χ0n) is 11.5. The van der Waals surface area contributed by atoms with Gasteiger partial charge in [0.2, 0.25) is 5.60 Å². The van der Waals surface area contributed by atoms with Gasteiger partial charge in [0.25, 0.3) is 0 Å². The summed E-state index contributed by atoms with van der Waals surface area (Å²) >= 11 is 0. The minimum Gasteiger partial charge on any atom is -0.507 e. The van der Waals surface area contributed by atoms with Gasteiger partial charge < -0.3 is 9.84 Å². The minimum absolute atomic E-state index is 0.247. The molecule has 1 N–H and O–H groups in total. The van der Waals surface area contributed by atoms with E-state index < -0.39 is 11.6 Å². The second-order valence-electron chi connectivity index (χ2n) is 5.23. The van der Waals surface area contributed by atoms with Crippen LogP contribution >= 0.6 is 0 Å². The van der Waals surface area contributed by atoms with Crippen LogP contribution in [0, 0.1) is 20.8 Å². The molecule has 0 aliphatic carbocycles. The van der Waals surface area contributed by atoms with Gasteiger partial charge in [-0.1, -0.05) is 0 Å². The Morgan fingerprint density at radius 2 is 1.95 bits per heavy atom. The molecule has 0 spiro atoms. The molecule has 5 heteroatoms. The van der Waals surface area contributed by atoms with Gasteiger partial charge in [-0.25, -0.2) is 4.79 Å². The van der Waals surface area contributed by atoms with E-state index in [9.17, 15) is 14.4 Å². The number of halogens is 1. The first-order chi connectivity index (χ1) is 8.81. The lowest BCUT2D eigenvalue weighted by atomic mass is 9.87. The summed E-state index contributed by atoms with van der Waals surface area (Å²) in [6.07, 6.45) is 0.840. The first-order valence-electron chi connectivity index (χ1n) is 6.15. The van der Waals surface area contributed by atoms with Crippen LogP contribution in [0.25, 0.3) is 0 Å². The molecular formula is C14H17FO4. The van der Waals surface area contributed by atoms with Crippen LogP contribution in [0.2, 0.25) is 0 Å². The highest BCUT2D eigenvalue weighted by Gasteiger charge is 2.43. The maximum Gasteiger partial charge on any atom is 0.391 e. The quantitative estimate of drug-likeness (QED) is 0.851. The molecule has 4 nitrogen and oxygen atoms in total. The summed E-state index contributed by atoms with van der Waals surface area (Å²) in [6.45, 7) is 6.90. The van der Waals surface area contributed by atoms with Gasteiger partial charge in [0.15, 0.2) is 0 Å². The topological polar surface area (TPSA) is 55.8 Å². The lowest BCUT2D eigenvalue weighted by Crippen LogP contribution is -2.45. The highest BCUT2D eigenvalue weighted by molar-refractivity contribution is 5.80. The van der Waals surface area contributed by atoms with Gasteiger partial charge in [0.1, 0.15) is 11.5 Å². The van der Waals surface area contributed by atoms with E-state index in [4.69, 9.17) is 4.74 Å². The summed E-state index contributed by atoms with van der Waals surface area (Å²) in [6, 6.07) is 0. The average Bonchev–Trinajstić information content (AvgIpc) is 2.41. The van der Waals surface area contributed by atoms with Crippen molar-refractivity contribution < 1.29 is 24.1 Å². The number of phenolic OH excluding ortho intramolecular Hbond substituents is 1. The normalized spacial score (nSPS) is 21.5. The zero-order chi connectivity index (χ0) is 14.4. The SMILES string of the molecule is Cc1c(C)c2c(c(C)c1O)CCC(C)(C(=O)OF)O2. The molecule has 1 atom stereocenters. The van der Waals surface area contributed by atoms with E-state index in [0.29, 0.717) is 24.2 Å². The third-order valence-corrected chi connectivity index (χ3v) is 4.02. The number of carbonyl (C=O) groups excluding carboxylic acids is 1. The Labute approximate surface area is 111 Å². The molecule has 1 unspecified atom stereocenters.